The summed E-state index contributed by atoms with van der Waals surface area (Å²) in [5, 5.41) is 40.5. The average molecular weight is 252 g/mol. The molecule has 0 aliphatic heterocycles. The number of anilines is 1. The van der Waals surface area contributed by atoms with Crippen LogP contribution in [0.1, 0.15) is 12.5 Å². The standard InChI is InChI=1S/C10H12N4O4/c1-10(5-15,6-16)13-9-8(14(17)18)7(4-11)2-3-12-9/h2-3,15-16H,5-6H2,1H3,(H,12,13). The third-order valence-electron chi connectivity index (χ3n) is 2.35. The Hall–Kier alpha value is -2.24. The number of pyridine rings is 1. The zero-order valence-corrected chi connectivity index (χ0v) is 9.62. The molecule has 8 heteroatoms. The number of aromatic nitrogens is 1. The normalized spacial score (nSPS) is 10.8. The Balaban J connectivity index is 3.26. The molecular formula is C10H12N4O4. The van der Waals surface area contributed by atoms with Crippen LogP contribution in [0.15, 0.2) is 12.3 Å². The van der Waals surface area contributed by atoms with Gasteiger partial charge in [0.2, 0.25) is 5.82 Å². The van der Waals surface area contributed by atoms with E-state index in [1.54, 1.807) is 6.07 Å². The monoisotopic (exact) mass is 252 g/mol. The molecule has 0 atom stereocenters. The van der Waals surface area contributed by atoms with Crippen molar-refractivity contribution in [2.24, 2.45) is 0 Å². The van der Waals surface area contributed by atoms with Crippen molar-refractivity contribution in [3.05, 3.63) is 27.9 Å². The van der Waals surface area contributed by atoms with Gasteiger partial charge in [0.15, 0.2) is 0 Å². The number of nitrogens with one attached hydrogen (secondary N) is 1. The molecule has 0 aliphatic rings. The Morgan fingerprint density at radius 1 is 1.61 bits per heavy atom. The number of aliphatic hydroxyl groups excluding tert-OH is 2. The van der Waals surface area contributed by atoms with Gasteiger partial charge < -0.3 is 15.5 Å². The number of nitrogens with zero attached hydrogens (tertiary/aromatic N) is 3. The Bertz CT molecular complexity index is 493. The molecule has 0 radical (unpaired) electrons. The van der Waals surface area contributed by atoms with Crippen molar-refractivity contribution < 1.29 is 15.1 Å². The first-order valence-electron chi connectivity index (χ1n) is 5.01. The van der Waals surface area contributed by atoms with Gasteiger partial charge in [0.25, 0.3) is 0 Å². The number of hydrogen-bond acceptors (Lipinski definition) is 7. The number of nitriles is 1. The topological polar surface area (TPSA) is 132 Å². The van der Waals surface area contributed by atoms with Crippen LogP contribution in [0, 0.1) is 21.4 Å². The smallest absolute Gasteiger partial charge is 0.328 e. The molecule has 0 fully saturated rings. The van der Waals surface area contributed by atoms with Crippen molar-refractivity contribution in [2.75, 3.05) is 18.5 Å². The van der Waals surface area contributed by atoms with Crippen LogP contribution in [0.4, 0.5) is 11.5 Å². The molecule has 96 valence electrons. The van der Waals surface area contributed by atoms with E-state index in [0.717, 1.165) is 0 Å². The van der Waals surface area contributed by atoms with E-state index in [-0.39, 0.29) is 11.4 Å². The van der Waals surface area contributed by atoms with Gasteiger partial charge in [-0.25, -0.2) is 4.98 Å². The van der Waals surface area contributed by atoms with E-state index in [9.17, 15) is 10.1 Å². The van der Waals surface area contributed by atoms with Gasteiger partial charge >= 0.3 is 5.69 Å². The van der Waals surface area contributed by atoms with Gasteiger partial charge in [-0.05, 0) is 13.0 Å². The summed E-state index contributed by atoms with van der Waals surface area (Å²) >= 11 is 0. The average Bonchev–Trinajstić information content (AvgIpc) is 2.37. The van der Waals surface area contributed by atoms with Gasteiger partial charge in [-0.15, -0.1) is 0 Å². The first-order valence-corrected chi connectivity index (χ1v) is 5.01. The first kappa shape index (κ1) is 13.8. The van der Waals surface area contributed by atoms with E-state index < -0.39 is 29.4 Å². The quantitative estimate of drug-likeness (QED) is 0.496. The second-order valence-electron chi connectivity index (χ2n) is 3.93. The summed E-state index contributed by atoms with van der Waals surface area (Å²) in [5.74, 6) is -0.162. The molecule has 0 unspecified atom stereocenters. The van der Waals surface area contributed by atoms with Crippen molar-refractivity contribution in [3.63, 3.8) is 0 Å². The van der Waals surface area contributed by atoms with E-state index in [4.69, 9.17) is 15.5 Å². The third-order valence-corrected chi connectivity index (χ3v) is 2.35. The van der Waals surface area contributed by atoms with Gasteiger partial charge in [0.1, 0.15) is 11.6 Å². The summed E-state index contributed by atoms with van der Waals surface area (Å²) in [6.45, 7) is 0.579. The summed E-state index contributed by atoms with van der Waals surface area (Å²) in [6, 6.07) is 2.91. The number of aliphatic hydroxyl groups is 2. The molecular weight excluding hydrogens is 240 g/mol. The highest BCUT2D eigenvalue weighted by atomic mass is 16.6. The molecule has 0 saturated carbocycles. The van der Waals surface area contributed by atoms with Crippen LogP contribution in [-0.2, 0) is 0 Å². The molecule has 18 heavy (non-hydrogen) atoms. The molecule has 1 aromatic heterocycles. The predicted molar refractivity (Wildman–Crippen MR) is 61.8 cm³/mol. The molecule has 0 saturated heterocycles. The van der Waals surface area contributed by atoms with Crippen LogP contribution in [0.3, 0.4) is 0 Å². The molecule has 0 amide bonds. The molecule has 1 aromatic rings. The lowest BCUT2D eigenvalue weighted by Crippen LogP contribution is -2.43. The van der Waals surface area contributed by atoms with Gasteiger partial charge in [0, 0.05) is 6.20 Å². The van der Waals surface area contributed by atoms with Crippen LogP contribution in [0.5, 0.6) is 0 Å². The van der Waals surface area contributed by atoms with E-state index in [2.05, 4.69) is 10.3 Å². The maximum Gasteiger partial charge on any atom is 0.328 e. The van der Waals surface area contributed by atoms with Gasteiger partial charge in [-0.2, -0.15) is 5.26 Å². The number of hydrogen-bond donors (Lipinski definition) is 3. The SMILES string of the molecule is CC(CO)(CO)Nc1nccc(C#N)c1[N+](=O)[O-]. The summed E-state index contributed by atoms with van der Waals surface area (Å²) in [4.78, 5) is 13.9. The second-order valence-corrected chi connectivity index (χ2v) is 3.93. The fourth-order valence-corrected chi connectivity index (χ4v) is 1.24. The lowest BCUT2D eigenvalue weighted by atomic mass is 10.1. The minimum Gasteiger partial charge on any atom is -0.394 e. The van der Waals surface area contributed by atoms with E-state index in [0.29, 0.717) is 0 Å². The zero-order chi connectivity index (χ0) is 13.8. The highest BCUT2D eigenvalue weighted by Crippen LogP contribution is 2.27. The molecule has 0 bridgehead atoms. The van der Waals surface area contributed by atoms with Crippen molar-refractivity contribution in [2.45, 2.75) is 12.5 Å². The molecule has 0 aliphatic carbocycles. The largest absolute Gasteiger partial charge is 0.394 e. The molecule has 1 rings (SSSR count). The lowest BCUT2D eigenvalue weighted by molar-refractivity contribution is -0.384. The van der Waals surface area contributed by atoms with E-state index in [1.165, 1.54) is 19.2 Å². The highest BCUT2D eigenvalue weighted by Gasteiger charge is 2.28. The van der Waals surface area contributed by atoms with E-state index >= 15 is 0 Å². The van der Waals surface area contributed by atoms with Gasteiger partial charge in [0.05, 0.1) is 23.7 Å². The van der Waals surface area contributed by atoms with Gasteiger partial charge in [-0.3, -0.25) is 10.1 Å². The maximum absolute atomic E-state index is 10.9. The molecule has 0 aromatic carbocycles. The van der Waals surface area contributed by atoms with Crippen LogP contribution < -0.4 is 5.32 Å². The maximum atomic E-state index is 10.9. The highest BCUT2D eigenvalue weighted by molar-refractivity contribution is 5.64. The van der Waals surface area contributed by atoms with Crippen molar-refractivity contribution >= 4 is 11.5 Å². The first-order chi connectivity index (χ1) is 8.47. The summed E-state index contributed by atoms with van der Waals surface area (Å²) in [5.41, 5.74) is -1.78. The summed E-state index contributed by atoms with van der Waals surface area (Å²) in [7, 11) is 0. The molecule has 0 spiro atoms. The van der Waals surface area contributed by atoms with Crippen LogP contribution in [-0.4, -0.2) is 38.9 Å². The van der Waals surface area contributed by atoms with Crippen LogP contribution >= 0.6 is 0 Å². The van der Waals surface area contributed by atoms with E-state index in [1.807, 2.05) is 0 Å². The Labute approximate surface area is 103 Å². The third kappa shape index (κ3) is 2.71. The van der Waals surface area contributed by atoms with Crippen LogP contribution in [0.25, 0.3) is 0 Å². The predicted octanol–water partition coefficient (Wildman–Crippen LogP) is 0.0167. The minimum atomic E-state index is -1.16. The van der Waals surface area contributed by atoms with Crippen molar-refractivity contribution in [3.8, 4) is 6.07 Å². The lowest BCUT2D eigenvalue weighted by Gasteiger charge is -2.26. The minimum absolute atomic E-state index is 0.143. The van der Waals surface area contributed by atoms with Gasteiger partial charge in [-0.1, -0.05) is 0 Å². The number of rotatable bonds is 5. The van der Waals surface area contributed by atoms with Crippen molar-refractivity contribution in [1.82, 2.24) is 4.98 Å². The Morgan fingerprint density at radius 3 is 2.67 bits per heavy atom. The van der Waals surface area contributed by atoms with Crippen molar-refractivity contribution in [1.29, 1.82) is 5.26 Å². The molecule has 8 nitrogen and oxygen atoms in total. The molecule has 1 heterocycles. The Kier molecular flexibility index (Phi) is 4.14. The fourth-order valence-electron chi connectivity index (χ4n) is 1.24. The second kappa shape index (κ2) is 5.39. The molecule has 3 N–H and O–H groups in total. The summed E-state index contributed by atoms with van der Waals surface area (Å²) in [6.07, 6.45) is 1.24. The zero-order valence-electron chi connectivity index (χ0n) is 9.62. The van der Waals surface area contributed by atoms with Crippen LogP contribution in [0.2, 0.25) is 0 Å². The summed E-state index contributed by atoms with van der Waals surface area (Å²) < 4.78 is 0. The Morgan fingerprint density at radius 2 is 2.22 bits per heavy atom. The fraction of sp³-hybridized carbons (Fsp3) is 0.400. The number of nitro groups is 1.